The summed E-state index contributed by atoms with van der Waals surface area (Å²) in [6.07, 6.45) is 5.36. The standard InChI is InChI=1S/C17H35N3/c1-5-9-18-16-15(7-8-17(16,2)3)14-20-11-6-10-19(4)12-13-20/h15-16,18H,5-14H2,1-4H3. The predicted octanol–water partition coefficient (Wildman–Crippen LogP) is 2.43. The second-order valence-corrected chi connectivity index (χ2v) is 7.68. The summed E-state index contributed by atoms with van der Waals surface area (Å²) in [5, 5.41) is 3.85. The summed E-state index contributed by atoms with van der Waals surface area (Å²) in [4.78, 5) is 5.20. The Labute approximate surface area is 126 Å². The molecule has 1 saturated heterocycles. The van der Waals surface area contributed by atoms with Crippen molar-refractivity contribution in [2.24, 2.45) is 11.3 Å². The predicted molar refractivity (Wildman–Crippen MR) is 87.1 cm³/mol. The largest absolute Gasteiger partial charge is 0.313 e. The molecule has 1 N–H and O–H groups in total. The van der Waals surface area contributed by atoms with E-state index in [2.05, 4.69) is 42.9 Å². The lowest BCUT2D eigenvalue weighted by atomic mass is 9.84. The third kappa shape index (κ3) is 4.19. The summed E-state index contributed by atoms with van der Waals surface area (Å²) >= 11 is 0. The van der Waals surface area contributed by atoms with Gasteiger partial charge in [-0.15, -0.1) is 0 Å². The van der Waals surface area contributed by atoms with Crippen LogP contribution in [0.5, 0.6) is 0 Å². The molecule has 3 nitrogen and oxygen atoms in total. The molecule has 118 valence electrons. The summed E-state index contributed by atoms with van der Waals surface area (Å²) in [6.45, 7) is 14.7. The molecule has 3 heteroatoms. The molecule has 0 radical (unpaired) electrons. The van der Waals surface area contributed by atoms with Crippen LogP contribution in [0.2, 0.25) is 0 Å². The van der Waals surface area contributed by atoms with Crippen molar-refractivity contribution in [3.8, 4) is 0 Å². The first-order valence-corrected chi connectivity index (χ1v) is 8.67. The zero-order valence-corrected chi connectivity index (χ0v) is 14.1. The van der Waals surface area contributed by atoms with Crippen molar-refractivity contribution in [1.82, 2.24) is 15.1 Å². The topological polar surface area (TPSA) is 18.5 Å². The second-order valence-electron chi connectivity index (χ2n) is 7.68. The molecule has 0 amide bonds. The zero-order valence-electron chi connectivity index (χ0n) is 14.1. The number of rotatable bonds is 5. The summed E-state index contributed by atoms with van der Waals surface area (Å²) in [5.74, 6) is 0.847. The molecule has 2 aliphatic rings. The molecule has 1 saturated carbocycles. The number of nitrogens with zero attached hydrogens (tertiary/aromatic N) is 2. The molecule has 2 atom stereocenters. The van der Waals surface area contributed by atoms with E-state index in [4.69, 9.17) is 0 Å². The minimum Gasteiger partial charge on any atom is -0.313 e. The highest BCUT2D eigenvalue weighted by atomic mass is 15.2. The van der Waals surface area contributed by atoms with Crippen LogP contribution < -0.4 is 5.32 Å². The SMILES string of the molecule is CCCNC1C(CN2CCCN(C)CC2)CCC1(C)C. The van der Waals surface area contributed by atoms with Gasteiger partial charge in [0.25, 0.3) is 0 Å². The van der Waals surface area contributed by atoms with Crippen molar-refractivity contribution in [3.05, 3.63) is 0 Å². The highest BCUT2D eigenvalue weighted by Gasteiger charge is 2.41. The van der Waals surface area contributed by atoms with Gasteiger partial charge in [0.2, 0.25) is 0 Å². The van der Waals surface area contributed by atoms with Gasteiger partial charge in [-0.25, -0.2) is 0 Å². The first kappa shape index (κ1) is 16.3. The summed E-state index contributed by atoms with van der Waals surface area (Å²) in [6, 6.07) is 0.712. The molecule has 20 heavy (non-hydrogen) atoms. The Morgan fingerprint density at radius 1 is 1.15 bits per heavy atom. The molecule has 0 bridgehead atoms. The van der Waals surface area contributed by atoms with Crippen LogP contribution in [0.15, 0.2) is 0 Å². The van der Waals surface area contributed by atoms with Gasteiger partial charge in [0.1, 0.15) is 0 Å². The monoisotopic (exact) mass is 281 g/mol. The quantitative estimate of drug-likeness (QED) is 0.835. The highest BCUT2D eigenvalue weighted by Crippen LogP contribution is 2.41. The van der Waals surface area contributed by atoms with Gasteiger partial charge in [-0.3, -0.25) is 0 Å². The first-order valence-electron chi connectivity index (χ1n) is 8.67. The Bertz CT molecular complexity index is 290. The molecule has 0 aromatic rings. The van der Waals surface area contributed by atoms with Crippen LogP contribution in [0.1, 0.15) is 46.5 Å². The highest BCUT2D eigenvalue weighted by molar-refractivity contribution is 4.97. The van der Waals surface area contributed by atoms with Gasteiger partial charge in [-0.2, -0.15) is 0 Å². The van der Waals surface area contributed by atoms with Crippen LogP contribution in [0.25, 0.3) is 0 Å². The molecule has 0 aromatic heterocycles. The summed E-state index contributed by atoms with van der Waals surface area (Å²) in [7, 11) is 2.26. The maximum Gasteiger partial charge on any atom is 0.0159 e. The normalized spacial score (nSPS) is 32.4. The number of hydrogen-bond acceptors (Lipinski definition) is 3. The molecule has 2 fully saturated rings. The fraction of sp³-hybridized carbons (Fsp3) is 1.00. The second kappa shape index (κ2) is 7.24. The van der Waals surface area contributed by atoms with Gasteiger partial charge < -0.3 is 15.1 Å². The number of nitrogens with one attached hydrogen (secondary N) is 1. The van der Waals surface area contributed by atoms with E-state index in [1.54, 1.807) is 0 Å². The lowest BCUT2D eigenvalue weighted by molar-refractivity contribution is 0.186. The van der Waals surface area contributed by atoms with E-state index in [-0.39, 0.29) is 0 Å². The van der Waals surface area contributed by atoms with E-state index >= 15 is 0 Å². The first-order chi connectivity index (χ1) is 9.53. The smallest absolute Gasteiger partial charge is 0.0159 e. The van der Waals surface area contributed by atoms with E-state index in [1.807, 2.05) is 0 Å². The van der Waals surface area contributed by atoms with E-state index in [9.17, 15) is 0 Å². The van der Waals surface area contributed by atoms with Gasteiger partial charge in [0.05, 0.1) is 0 Å². The fourth-order valence-electron chi connectivity index (χ4n) is 4.07. The third-order valence-corrected chi connectivity index (χ3v) is 5.39. The Kier molecular flexibility index (Phi) is 5.88. The summed E-state index contributed by atoms with van der Waals surface area (Å²) < 4.78 is 0. The number of likely N-dealkylation sites (N-methyl/N-ethyl adjacent to an activating group) is 1. The minimum absolute atomic E-state index is 0.475. The van der Waals surface area contributed by atoms with Gasteiger partial charge in [0, 0.05) is 25.7 Å². The van der Waals surface area contributed by atoms with Crippen LogP contribution in [0.3, 0.4) is 0 Å². The molecule has 1 aliphatic carbocycles. The van der Waals surface area contributed by atoms with Crippen LogP contribution >= 0.6 is 0 Å². The lowest BCUT2D eigenvalue weighted by Crippen LogP contribution is -2.46. The minimum atomic E-state index is 0.475. The van der Waals surface area contributed by atoms with Gasteiger partial charge >= 0.3 is 0 Å². The molecule has 0 spiro atoms. The average molecular weight is 281 g/mol. The maximum absolute atomic E-state index is 3.85. The molecule has 1 heterocycles. The molecule has 0 aromatic carbocycles. The molecule has 2 rings (SSSR count). The average Bonchev–Trinajstić information content (AvgIpc) is 2.56. The number of hydrogen-bond donors (Lipinski definition) is 1. The Morgan fingerprint density at radius 3 is 2.70 bits per heavy atom. The Morgan fingerprint density at radius 2 is 1.95 bits per heavy atom. The van der Waals surface area contributed by atoms with Crippen LogP contribution in [0, 0.1) is 11.3 Å². The summed E-state index contributed by atoms with van der Waals surface area (Å²) in [5.41, 5.74) is 0.475. The van der Waals surface area contributed by atoms with E-state index in [0.717, 1.165) is 5.92 Å². The van der Waals surface area contributed by atoms with E-state index in [1.165, 1.54) is 65.0 Å². The molecular formula is C17H35N3. The van der Waals surface area contributed by atoms with Gasteiger partial charge in [0.15, 0.2) is 0 Å². The molecule has 1 aliphatic heterocycles. The van der Waals surface area contributed by atoms with Crippen molar-refractivity contribution in [2.75, 3.05) is 46.3 Å². The van der Waals surface area contributed by atoms with Crippen LogP contribution in [-0.4, -0.2) is 62.2 Å². The van der Waals surface area contributed by atoms with Crippen LogP contribution in [0.4, 0.5) is 0 Å². The van der Waals surface area contributed by atoms with E-state index < -0.39 is 0 Å². The van der Waals surface area contributed by atoms with Crippen molar-refractivity contribution < 1.29 is 0 Å². The lowest BCUT2D eigenvalue weighted by Gasteiger charge is -2.34. The Balaban J connectivity index is 1.89. The zero-order chi connectivity index (χ0) is 14.6. The van der Waals surface area contributed by atoms with Crippen molar-refractivity contribution >= 4 is 0 Å². The van der Waals surface area contributed by atoms with Gasteiger partial charge in [-0.05, 0) is 63.7 Å². The van der Waals surface area contributed by atoms with Crippen LogP contribution in [-0.2, 0) is 0 Å². The van der Waals surface area contributed by atoms with Gasteiger partial charge in [-0.1, -0.05) is 20.8 Å². The van der Waals surface area contributed by atoms with Crippen molar-refractivity contribution in [1.29, 1.82) is 0 Å². The molecular weight excluding hydrogens is 246 g/mol. The third-order valence-electron chi connectivity index (χ3n) is 5.39. The molecule has 2 unspecified atom stereocenters. The fourth-order valence-corrected chi connectivity index (χ4v) is 4.07. The Hall–Kier alpha value is -0.120. The van der Waals surface area contributed by atoms with Crippen molar-refractivity contribution in [2.45, 2.75) is 52.5 Å². The van der Waals surface area contributed by atoms with Crippen molar-refractivity contribution in [3.63, 3.8) is 0 Å². The maximum atomic E-state index is 3.85. The van der Waals surface area contributed by atoms with E-state index in [0.29, 0.717) is 11.5 Å².